The maximum atomic E-state index is 11.1. The minimum atomic E-state index is -0.608. The Bertz CT molecular complexity index is 152. The van der Waals surface area contributed by atoms with Gasteiger partial charge < -0.3 is 10.1 Å². The quantitative estimate of drug-likeness (QED) is 0.482. The lowest BCUT2D eigenvalue weighted by atomic mass is 10.1. The Morgan fingerprint density at radius 2 is 2.27 bits per heavy atom. The normalized spacial score (nSPS) is 10.8. The molecule has 0 saturated carbocycles. The van der Waals surface area contributed by atoms with Gasteiger partial charge in [-0.2, -0.15) is 0 Å². The van der Waals surface area contributed by atoms with Crippen molar-refractivity contribution in [2.24, 2.45) is 0 Å². The molecule has 3 nitrogen and oxygen atoms in total. The summed E-state index contributed by atoms with van der Waals surface area (Å²) < 4.78 is 4.83. The Morgan fingerprint density at radius 1 is 1.73 bits per heavy atom. The van der Waals surface area contributed by atoms with Crippen LogP contribution in [0.1, 0.15) is 13.8 Å². The van der Waals surface area contributed by atoms with Crippen LogP contribution in [-0.4, -0.2) is 25.2 Å². The van der Waals surface area contributed by atoms with Crippen LogP contribution >= 0.6 is 0 Å². The molecule has 0 amide bonds. The van der Waals surface area contributed by atoms with Gasteiger partial charge in [-0.05, 0) is 20.9 Å². The van der Waals surface area contributed by atoms with Crippen molar-refractivity contribution in [2.75, 3.05) is 13.7 Å². The van der Waals surface area contributed by atoms with E-state index in [1.165, 1.54) is 0 Å². The second-order valence-corrected chi connectivity index (χ2v) is 2.76. The average Bonchev–Trinajstić information content (AvgIpc) is 2.00. The molecule has 64 valence electrons. The molecular formula is C8H15NO2. The first-order valence-corrected chi connectivity index (χ1v) is 3.51. The van der Waals surface area contributed by atoms with E-state index in [-0.39, 0.29) is 12.6 Å². The lowest BCUT2D eigenvalue weighted by molar-refractivity contribution is -0.148. The molecule has 3 heteroatoms. The summed E-state index contributed by atoms with van der Waals surface area (Å²) in [6.07, 6.45) is 1.55. The second-order valence-electron chi connectivity index (χ2n) is 2.76. The van der Waals surface area contributed by atoms with E-state index in [0.717, 1.165) is 0 Å². The highest BCUT2D eigenvalue weighted by molar-refractivity contribution is 5.79. The molecule has 0 bridgehead atoms. The lowest BCUT2D eigenvalue weighted by Gasteiger charge is -2.20. The van der Waals surface area contributed by atoms with E-state index in [1.54, 1.807) is 27.0 Å². The summed E-state index contributed by atoms with van der Waals surface area (Å²) in [5, 5.41) is 2.84. The summed E-state index contributed by atoms with van der Waals surface area (Å²) in [5.74, 6) is -0.264. The zero-order chi connectivity index (χ0) is 8.91. The SMILES string of the molecule is C=CCOC(=O)C(C)(C)NC. The number of esters is 1. The first-order valence-electron chi connectivity index (χ1n) is 3.51. The Hall–Kier alpha value is -0.830. The molecule has 0 unspecified atom stereocenters. The third-order valence-electron chi connectivity index (χ3n) is 1.47. The van der Waals surface area contributed by atoms with Crippen molar-refractivity contribution >= 4 is 5.97 Å². The predicted molar refractivity (Wildman–Crippen MR) is 44.3 cm³/mol. The smallest absolute Gasteiger partial charge is 0.326 e. The molecule has 0 radical (unpaired) electrons. The number of carbonyl (C=O) groups is 1. The van der Waals surface area contributed by atoms with E-state index in [4.69, 9.17) is 4.74 Å². The minimum absolute atomic E-state index is 0.264. The summed E-state index contributed by atoms with van der Waals surface area (Å²) >= 11 is 0. The van der Waals surface area contributed by atoms with E-state index >= 15 is 0 Å². The van der Waals surface area contributed by atoms with Crippen molar-refractivity contribution in [2.45, 2.75) is 19.4 Å². The van der Waals surface area contributed by atoms with E-state index < -0.39 is 5.54 Å². The molecule has 0 atom stereocenters. The molecule has 0 heterocycles. The Morgan fingerprint density at radius 3 is 2.64 bits per heavy atom. The van der Waals surface area contributed by atoms with Gasteiger partial charge in [-0.1, -0.05) is 12.7 Å². The van der Waals surface area contributed by atoms with E-state index in [9.17, 15) is 4.79 Å². The molecule has 0 aromatic heterocycles. The number of ether oxygens (including phenoxy) is 1. The number of rotatable bonds is 4. The van der Waals surface area contributed by atoms with Crippen LogP contribution in [0.2, 0.25) is 0 Å². The van der Waals surface area contributed by atoms with E-state index in [0.29, 0.717) is 0 Å². The monoisotopic (exact) mass is 157 g/mol. The molecular weight excluding hydrogens is 142 g/mol. The fraction of sp³-hybridized carbons (Fsp3) is 0.625. The van der Waals surface area contributed by atoms with Gasteiger partial charge in [-0.25, -0.2) is 0 Å². The first-order chi connectivity index (χ1) is 5.04. The van der Waals surface area contributed by atoms with Crippen molar-refractivity contribution in [3.63, 3.8) is 0 Å². The highest BCUT2D eigenvalue weighted by Crippen LogP contribution is 2.03. The third kappa shape index (κ3) is 3.18. The average molecular weight is 157 g/mol. The lowest BCUT2D eigenvalue weighted by Crippen LogP contribution is -2.45. The molecule has 0 aromatic rings. The number of hydrogen-bond acceptors (Lipinski definition) is 3. The summed E-state index contributed by atoms with van der Waals surface area (Å²) in [7, 11) is 1.72. The fourth-order valence-corrected chi connectivity index (χ4v) is 0.417. The van der Waals surface area contributed by atoms with Crippen molar-refractivity contribution in [1.29, 1.82) is 0 Å². The molecule has 0 aromatic carbocycles. The molecule has 0 spiro atoms. The Kier molecular flexibility index (Phi) is 3.82. The molecule has 0 saturated heterocycles. The highest BCUT2D eigenvalue weighted by Gasteiger charge is 2.26. The van der Waals surface area contributed by atoms with Crippen LogP contribution in [0.25, 0.3) is 0 Å². The van der Waals surface area contributed by atoms with Gasteiger partial charge in [0.1, 0.15) is 12.1 Å². The zero-order valence-corrected chi connectivity index (χ0v) is 7.31. The van der Waals surface area contributed by atoms with Gasteiger partial charge in [0, 0.05) is 0 Å². The molecule has 0 aliphatic rings. The third-order valence-corrected chi connectivity index (χ3v) is 1.47. The topological polar surface area (TPSA) is 38.3 Å². The van der Waals surface area contributed by atoms with E-state index in [2.05, 4.69) is 11.9 Å². The van der Waals surface area contributed by atoms with Gasteiger partial charge in [0.25, 0.3) is 0 Å². The first kappa shape index (κ1) is 10.2. The van der Waals surface area contributed by atoms with Crippen LogP contribution in [0.4, 0.5) is 0 Å². The maximum Gasteiger partial charge on any atom is 0.326 e. The van der Waals surface area contributed by atoms with Gasteiger partial charge in [0.2, 0.25) is 0 Å². The van der Waals surface area contributed by atoms with Crippen LogP contribution in [0.5, 0.6) is 0 Å². The van der Waals surface area contributed by atoms with E-state index in [1.807, 2.05) is 0 Å². The molecule has 1 N–H and O–H groups in total. The highest BCUT2D eigenvalue weighted by atomic mass is 16.5. The van der Waals surface area contributed by atoms with Crippen molar-refractivity contribution in [3.8, 4) is 0 Å². The second kappa shape index (κ2) is 4.13. The predicted octanol–water partition coefficient (Wildman–Crippen LogP) is 0.714. The van der Waals surface area contributed by atoms with Crippen LogP contribution in [-0.2, 0) is 9.53 Å². The molecule has 0 rings (SSSR count). The van der Waals surface area contributed by atoms with Gasteiger partial charge >= 0.3 is 5.97 Å². The van der Waals surface area contributed by atoms with Crippen molar-refractivity contribution in [3.05, 3.63) is 12.7 Å². The summed E-state index contributed by atoms with van der Waals surface area (Å²) in [6.45, 7) is 7.24. The summed E-state index contributed by atoms with van der Waals surface area (Å²) in [5.41, 5.74) is -0.608. The Balaban J connectivity index is 3.91. The zero-order valence-electron chi connectivity index (χ0n) is 7.31. The molecule has 0 fully saturated rings. The number of likely N-dealkylation sites (N-methyl/N-ethyl adjacent to an activating group) is 1. The Labute approximate surface area is 67.4 Å². The molecule has 0 aliphatic carbocycles. The van der Waals surface area contributed by atoms with Gasteiger partial charge in [-0.3, -0.25) is 4.79 Å². The van der Waals surface area contributed by atoms with Gasteiger partial charge in [0.05, 0.1) is 0 Å². The van der Waals surface area contributed by atoms with Crippen LogP contribution < -0.4 is 5.32 Å². The number of hydrogen-bond donors (Lipinski definition) is 1. The fourth-order valence-electron chi connectivity index (χ4n) is 0.417. The largest absolute Gasteiger partial charge is 0.460 e. The maximum absolute atomic E-state index is 11.1. The van der Waals surface area contributed by atoms with Crippen LogP contribution in [0.15, 0.2) is 12.7 Å². The number of nitrogens with one attached hydrogen (secondary N) is 1. The van der Waals surface area contributed by atoms with Gasteiger partial charge in [0.15, 0.2) is 0 Å². The molecule has 11 heavy (non-hydrogen) atoms. The summed E-state index contributed by atoms with van der Waals surface area (Å²) in [6, 6.07) is 0. The standard InChI is InChI=1S/C8H15NO2/c1-5-6-11-7(10)8(2,3)9-4/h5,9H,1,6H2,2-4H3. The number of carbonyl (C=O) groups excluding carboxylic acids is 1. The summed E-state index contributed by atoms with van der Waals surface area (Å²) in [4.78, 5) is 11.1. The van der Waals surface area contributed by atoms with Crippen LogP contribution in [0.3, 0.4) is 0 Å². The van der Waals surface area contributed by atoms with Gasteiger partial charge in [-0.15, -0.1) is 0 Å². The van der Waals surface area contributed by atoms with Crippen LogP contribution in [0, 0.1) is 0 Å². The van der Waals surface area contributed by atoms with Crippen molar-refractivity contribution < 1.29 is 9.53 Å². The molecule has 0 aliphatic heterocycles. The minimum Gasteiger partial charge on any atom is -0.460 e. The van der Waals surface area contributed by atoms with Crippen molar-refractivity contribution in [1.82, 2.24) is 5.32 Å².